The zero-order valence-electron chi connectivity index (χ0n) is 13.9. The molecule has 130 valence electrons. The molecular weight excluding hydrogens is 362 g/mol. The monoisotopic (exact) mass is 377 g/mol. The van der Waals surface area contributed by atoms with Gasteiger partial charge in [0.15, 0.2) is 0 Å². The van der Waals surface area contributed by atoms with Crippen molar-refractivity contribution in [2.45, 2.75) is 13.5 Å². The maximum atomic E-state index is 12.2. The van der Waals surface area contributed by atoms with E-state index in [-0.39, 0.29) is 17.3 Å². The first-order valence-electron chi connectivity index (χ1n) is 7.44. The van der Waals surface area contributed by atoms with Crippen LogP contribution in [0.2, 0.25) is 5.15 Å². The van der Waals surface area contributed by atoms with Crippen molar-refractivity contribution < 1.29 is 14.3 Å². The van der Waals surface area contributed by atoms with Crippen molar-refractivity contribution in [3.63, 3.8) is 0 Å². The molecular formula is C17H16ClN3O3S. The van der Waals surface area contributed by atoms with Crippen LogP contribution in [0.1, 0.15) is 21.7 Å². The Kier molecular flexibility index (Phi) is 5.06. The summed E-state index contributed by atoms with van der Waals surface area (Å²) in [4.78, 5) is 16.7. The summed E-state index contributed by atoms with van der Waals surface area (Å²) in [6.07, 6.45) is 0. The van der Waals surface area contributed by atoms with E-state index in [4.69, 9.17) is 21.1 Å². The van der Waals surface area contributed by atoms with Crippen LogP contribution in [-0.4, -0.2) is 27.8 Å². The number of aromatic nitrogens is 3. The van der Waals surface area contributed by atoms with Crippen LogP contribution in [-0.2, 0) is 18.4 Å². The molecule has 0 amide bonds. The van der Waals surface area contributed by atoms with Gasteiger partial charge in [-0.05, 0) is 19.1 Å². The van der Waals surface area contributed by atoms with Gasteiger partial charge >= 0.3 is 5.97 Å². The molecule has 3 rings (SSSR count). The molecule has 1 aromatic carbocycles. The summed E-state index contributed by atoms with van der Waals surface area (Å²) in [6, 6.07) is 7.64. The average Bonchev–Trinajstić information content (AvgIpc) is 3.18. The maximum absolute atomic E-state index is 12.2. The number of ether oxygens (including phenoxy) is 2. The van der Waals surface area contributed by atoms with E-state index in [2.05, 4.69) is 10.1 Å². The molecule has 8 heteroatoms. The molecule has 0 saturated heterocycles. The number of carbonyl (C=O) groups is 1. The third-order valence-corrected chi connectivity index (χ3v) is 4.95. The van der Waals surface area contributed by atoms with Gasteiger partial charge in [-0.3, -0.25) is 4.68 Å². The van der Waals surface area contributed by atoms with Crippen LogP contribution in [0, 0.1) is 6.92 Å². The van der Waals surface area contributed by atoms with E-state index < -0.39 is 5.97 Å². The van der Waals surface area contributed by atoms with Crippen LogP contribution in [0.3, 0.4) is 0 Å². The number of aryl methyl sites for hydroxylation is 2. The lowest BCUT2D eigenvalue weighted by Gasteiger charge is -2.03. The first-order valence-corrected chi connectivity index (χ1v) is 8.70. The standard InChI is InChI=1S/C17H16ClN3O3S/c1-10-14(15(18)21(2)20-10)17(22)24-8-12-9-25-16(19-12)11-5-4-6-13(7-11)23-3/h4-7,9H,8H2,1-3H3. The maximum Gasteiger partial charge on any atom is 0.343 e. The smallest absolute Gasteiger partial charge is 0.343 e. The number of hydrogen-bond donors (Lipinski definition) is 0. The lowest BCUT2D eigenvalue weighted by atomic mass is 10.2. The van der Waals surface area contributed by atoms with E-state index in [1.165, 1.54) is 16.0 Å². The van der Waals surface area contributed by atoms with E-state index >= 15 is 0 Å². The number of methoxy groups -OCH3 is 1. The van der Waals surface area contributed by atoms with Crippen LogP contribution in [0.15, 0.2) is 29.6 Å². The Bertz CT molecular complexity index is 920. The van der Waals surface area contributed by atoms with Crippen molar-refractivity contribution in [2.24, 2.45) is 7.05 Å². The molecule has 0 unspecified atom stereocenters. The third kappa shape index (κ3) is 3.67. The molecule has 0 radical (unpaired) electrons. The quantitative estimate of drug-likeness (QED) is 0.631. The van der Waals surface area contributed by atoms with Crippen LogP contribution in [0.5, 0.6) is 5.75 Å². The second-order valence-electron chi connectivity index (χ2n) is 5.33. The Morgan fingerprint density at radius 1 is 1.40 bits per heavy atom. The molecule has 0 N–H and O–H groups in total. The predicted octanol–water partition coefficient (Wildman–Crippen LogP) is 3.87. The molecule has 0 saturated carbocycles. The second-order valence-corrected chi connectivity index (χ2v) is 6.54. The Hall–Kier alpha value is -2.38. The van der Waals surface area contributed by atoms with Crippen molar-refractivity contribution in [3.8, 4) is 16.3 Å². The largest absolute Gasteiger partial charge is 0.497 e. The summed E-state index contributed by atoms with van der Waals surface area (Å²) in [5.41, 5.74) is 2.45. The van der Waals surface area contributed by atoms with Gasteiger partial charge in [0.1, 0.15) is 28.1 Å². The summed E-state index contributed by atoms with van der Waals surface area (Å²) in [5.74, 6) is 0.258. The van der Waals surface area contributed by atoms with E-state index in [0.29, 0.717) is 11.4 Å². The molecule has 0 aliphatic heterocycles. The zero-order chi connectivity index (χ0) is 18.0. The summed E-state index contributed by atoms with van der Waals surface area (Å²) in [7, 11) is 3.30. The van der Waals surface area contributed by atoms with Gasteiger partial charge in [-0.2, -0.15) is 5.10 Å². The van der Waals surface area contributed by atoms with E-state index in [0.717, 1.165) is 16.3 Å². The molecule has 2 heterocycles. The lowest BCUT2D eigenvalue weighted by Crippen LogP contribution is -2.07. The van der Waals surface area contributed by atoms with Crippen molar-refractivity contribution in [1.29, 1.82) is 0 Å². The number of benzene rings is 1. The SMILES string of the molecule is COc1cccc(-c2nc(COC(=O)c3c(C)nn(C)c3Cl)cs2)c1. The van der Waals surface area contributed by atoms with Gasteiger partial charge in [-0.1, -0.05) is 23.7 Å². The molecule has 0 fully saturated rings. The molecule has 2 aromatic heterocycles. The minimum Gasteiger partial charge on any atom is -0.497 e. The number of thiazole rings is 1. The highest BCUT2D eigenvalue weighted by Gasteiger charge is 2.20. The highest BCUT2D eigenvalue weighted by Crippen LogP contribution is 2.27. The molecule has 0 bridgehead atoms. The molecule has 3 aromatic rings. The van der Waals surface area contributed by atoms with Crippen molar-refractivity contribution in [3.05, 3.63) is 51.7 Å². The molecule has 25 heavy (non-hydrogen) atoms. The van der Waals surface area contributed by atoms with Gasteiger partial charge in [0.05, 0.1) is 18.5 Å². The summed E-state index contributed by atoms with van der Waals surface area (Å²) in [6.45, 7) is 1.79. The normalized spacial score (nSPS) is 10.7. The van der Waals surface area contributed by atoms with Crippen molar-refractivity contribution in [1.82, 2.24) is 14.8 Å². The van der Waals surface area contributed by atoms with E-state index in [9.17, 15) is 4.79 Å². The molecule has 6 nitrogen and oxygen atoms in total. The van der Waals surface area contributed by atoms with Gasteiger partial charge in [0.2, 0.25) is 0 Å². The van der Waals surface area contributed by atoms with Crippen molar-refractivity contribution in [2.75, 3.05) is 7.11 Å². The number of carbonyl (C=O) groups excluding carboxylic acids is 1. The second kappa shape index (κ2) is 7.25. The fourth-order valence-corrected chi connectivity index (χ4v) is 3.39. The summed E-state index contributed by atoms with van der Waals surface area (Å²) >= 11 is 7.56. The molecule has 0 aliphatic carbocycles. The van der Waals surface area contributed by atoms with Gasteiger partial charge < -0.3 is 9.47 Å². The van der Waals surface area contributed by atoms with Gasteiger partial charge in [-0.15, -0.1) is 11.3 Å². The van der Waals surface area contributed by atoms with Crippen LogP contribution >= 0.6 is 22.9 Å². The Balaban J connectivity index is 1.70. The average molecular weight is 378 g/mol. The molecule has 0 spiro atoms. The minimum atomic E-state index is -0.508. The van der Waals surface area contributed by atoms with E-state index in [1.54, 1.807) is 21.1 Å². The van der Waals surface area contributed by atoms with Gasteiger partial charge in [0.25, 0.3) is 0 Å². The number of esters is 1. The summed E-state index contributed by atoms with van der Waals surface area (Å²) in [5, 5.41) is 7.06. The van der Waals surface area contributed by atoms with Gasteiger partial charge in [-0.25, -0.2) is 9.78 Å². The third-order valence-electron chi connectivity index (χ3n) is 3.58. The Labute approximate surface area is 154 Å². The minimum absolute atomic E-state index is 0.0734. The zero-order valence-corrected chi connectivity index (χ0v) is 15.5. The molecule has 0 aliphatic rings. The Morgan fingerprint density at radius 3 is 2.88 bits per heavy atom. The van der Waals surface area contributed by atoms with Crippen LogP contribution < -0.4 is 4.74 Å². The number of nitrogens with zero attached hydrogens (tertiary/aromatic N) is 3. The first-order chi connectivity index (χ1) is 12.0. The van der Waals surface area contributed by atoms with Crippen LogP contribution in [0.25, 0.3) is 10.6 Å². The molecule has 0 atom stereocenters. The highest BCUT2D eigenvalue weighted by molar-refractivity contribution is 7.13. The number of hydrogen-bond acceptors (Lipinski definition) is 6. The Morgan fingerprint density at radius 2 is 2.20 bits per heavy atom. The predicted molar refractivity (Wildman–Crippen MR) is 96.2 cm³/mol. The van der Waals surface area contributed by atoms with Gasteiger partial charge in [0, 0.05) is 18.0 Å². The van der Waals surface area contributed by atoms with Crippen LogP contribution in [0.4, 0.5) is 0 Å². The highest BCUT2D eigenvalue weighted by atomic mass is 35.5. The topological polar surface area (TPSA) is 66.2 Å². The lowest BCUT2D eigenvalue weighted by molar-refractivity contribution is 0.0468. The number of rotatable bonds is 5. The fraction of sp³-hybridized carbons (Fsp3) is 0.235. The van der Waals surface area contributed by atoms with Crippen molar-refractivity contribution >= 4 is 28.9 Å². The number of halogens is 1. The first kappa shape index (κ1) is 17.4. The fourth-order valence-electron chi connectivity index (χ4n) is 2.34. The van der Waals surface area contributed by atoms with E-state index in [1.807, 2.05) is 29.6 Å². The summed E-state index contributed by atoms with van der Waals surface area (Å²) < 4.78 is 12.0.